The molecule has 0 atom stereocenters. The Bertz CT molecular complexity index is 460. The summed E-state index contributed by atoms with van der Waals surface area (Å²) >= 11 is 11.2. The summed E-state index contributed by atoms with van der Waals surface area (Å²) < 4.78 is 0. The monoisotopic (exact) mass is 261 g/mol. The molecule has 0 fully saturated rings. The number of benzene rings is 1. The zero-order valence-corrected chi connectivity index (χ0v) is 9.92. The Kier molecular flexibility index (Phi) is 4.09. The molecule has 1 rings (SSSR count). The smallest absolute Gasteiger partial charge is 0.296 e. The molecular formula is C9H9Cl2N3O2. The number of hydrogen-bond acceptors (Lipinski definition) is 3. The molecule has 2 N–H and O–H groups in total. The van der Waals surface area contributed by atoms with E-state index in [1.54, 1.807) is 13.0 Å². The SMILES string of the molecule is Cc1cc(Cl)cc([N+](=O)[O-])c1N=C(N)CCl. The van der Waals surface area contributed by atoms with Gasteiger partial charge < -0.3 is 5.73 Å². The van der Waals surface area contributed by atoms with E-state index in [-0.39, 0.29) is 28.1 Å². The largest absolute Gasteiger partial charge is 0.386 e. The summed E-state index contributed by atoms with van der Waals surface area (Å²) in [5.74, 6) is 0.134. The molecule has 0 heterocycles. The highest BCUT2D eigenvalue weighted by Crippen LogP contribution is 2.34. The van der Waals surface area contributed by atoms with Gasteiger partial charge >= 0.3 is 0 Å². The van der Waals surface area contributed by atoms with Gasteiger partial charge in [0.15, 0.2) is 0 Å². The molecular weight excluding hydrogens is 253 g/mol. The lowest BCUT2D eigenvalue weighted by Crippen LogP contribution is -2.12. The van der Waals surface area contributed by atoms with E-state index < -0.39 is 4.92 Å². The average molecular weight is 262 g/mol. The van der Waals surface area contributed by atoms with E-state index in [0.29, 0.717) is 5.56 Å². The molecule has 0 aliphatic rings. The lowest BCUT2D eigenvalue weighted by atomic mass is 10.1. The minimum Gasteiger partial charge on any atom is -0.386 e. The van der Waals surface area contributed by atoms with Crippen molar-refractivity contribution < 1.29 is 4.92 Å². The van der Waals surface area contributed by atoms with Crippen molar-refractivity contribution in [1.29, 1.82) is 0 Å². The summed E-state index contributed by atoms with van der Waals surface area (Å²) in [5, 5.41) is 11.1. The van der Waals surface area contributed by atoms with Gasteiger partial charge in [-0.15, -0.1) is 11.6 Å². The Balaban J connectivity index is 3.41. The van der Waals surface area contributed by atoms with Crippen LogP contribution in [0.4, 0.5) is 11.4 Å². The molecule has 0 aliphatic heterocycles. The number of nitrogens with two attached hydrogens (primary N) is 1. The second-order valence-corrected chi connectivity index (χ2v) is 3.79. The van der Waals surface area contributed by atoms with Gasteiger partial charge in [-0.3, -0.25) is 10.1 Å². The quantitative estimate of drug-likeness (QED) is 0.299. The van der Waals surface area contributed by atoms with Crippen LogP contribution in [0.1, 0.15) is 5.56 Å². The second kappa shape index (κ2) is 5.14. The number of aryl methyl sites for hydroxylation is 1. The third kappa shape index (κ3) is 2.84. The van der Waals surface area contributed by atoms with E-state index in [1.807, 2.05) is 0 Å². The van der Waals surface area contributed by atoms with Crippen LogP contribution < -0.4 is 5.73 Å². The molecule has 0 saturated heterocycles. The Morgan fingerprint density at radius 1 is 1.62 bits per heavy atom. The normalized spacial score (nSPS) is 11.6. The third-order valence-electron chi connectivity index (χ3n) is 1.83. The maximum atomic E-state index is 10.8. The first-order chi connectivity index (χ1) is 7.45. The van der Waals surface area contributed by atoms with Gasteiger partial charge in [-0.1, -0.05) is 11.6 Å². The van der Waals surface area contributed by atoms with Gasteiger partial charge in [-0.05, 0) is 18.6 Å². The molecule has 0 radical (unpaired) electrons. The van der Waals surface area contributed by atoms with Crippen LogP contribution in [0.15, 0.2) is 17.1 Å². The van der Waals surface area contributed by atoms with E-state index in [2.05, 4.69) is 4.99 Å². The van der Waals surface area contributed by atoms with Crippen molar-refractivity contribution in [1.82, 2.24) is 0 Å². The average Bonchev–Trinajstić information content (AvgIpc) is 2.20. The number of alkyl halides is 1. The molecule has 0 aliphatic carbocycles. The van der Waals surface area contributed by atoms with Crippen LogP contribution in [0.5, 0.6) is 0 Å². The maximum Gasteiger partial charge on any atom is 0.296 e. The summed E-state index contributed by atoms with van der Waals surface area (Å²) in [4.78, 5) is 14.1. The fourth-order valence-corrected chi connectivity index (χ4v) is 1.50. The topological polar surface area (TPSA) is 81.5 Å². The predicted molar refractivity (Wildman–Crippen MR) is 64.8 cm³/mol. The minimum absolute atomic E-state index is 0.0131. The summed E-state index contributed by atoms with van der Waals surface area (Å²) in [6, 6.07) is 2.81. The molecule has 0 spiro atoms. The van der Waals surface area contributed by atoms with Crippen LogP contribution in [0.3, 0.4) is 0 Å². The van der Waals surface area contributed by atoms with Crippen molar-refractivity contribution in [3.8, 4) is 0 Å². The van der Waals surface area contributed by atoms with Gasteiger partial charge in [0.25, 0.3) is 5.69 Å². The number of amidine groups is 1. The van der Waals surface area contributed by atoms with E-state index in [4.69, 9.17) is 28.9 Å². The molecule has 0 amide bonds. The van der Waals surface area contributed by atoms with Crippen molar-refractivity contribution in [3.05, 3.63) is 32.8 Å². The molecule has 1 aromatic rings. The highest BCUT2D eigenvalue weighted by molar-refractivity contribution is 6.31. The van der Waals surface area contributed by atoms with Crippen molar-refractivity contribution in [3.63, 3.8) is 0 Å². The van der Waals surface area contributed by atoms with E-state index in [0.717, 1.165) is 0 Å². The van der Waals surface area contributed by atoms with E-state index >= 15 is 0 Å². The van der Waals surface area contributed by atoms with Gasteiger partial charge in [-0.2, -0.15) is 0 Å². The zero-order valence-electron chi connectivity index (χ0n) is 8.41. The number of hydrogen-bond donors (Lipinski definition) is 1. The van der Waals surface area contributed by atoms with Gasteiger partial charge in [0.1, 0.15) is 11.5 Å². The number of nitro benzene ring substituents is 1. The standard InChI is InChI=1S/C9H9Cl2N3O2/c1-5-2-6(11)3-7(14(15)16)9(5)13-8(12)4-10/h2-3H,4H2,1H3,(H2,12,13). The van der Waals surface area contributed by atoms with Crippen LogP contribution in [0.25, 0.3) is 0 Å². The molecule has 1 aromatic carbocycles. The molecule has 5 nitrogen and oxygen atoms in total. The number of aliphatic imine (C=N–C) groups is 1. The summed E-state index contributed by atoms with van der Waals surface area (Å²) in [7, 11) is 0. The first-order valence-electron chi connectivity index (χ1n) is 4.29. The van der Waals surface area contributed by atoms with Crippen LogP contribution in [0.2, 0.25) is 5.02 Å². The van der Waals surface area contributed by atoms with Crippen molar-refractivity contribution in [2.45, 2.75) is 6.92 Å². The Hall–Kier alpha value is -1.33. The molecule has 7 heteroatoms. The molecule has 0 aromatic heterocycles. The fourth-order valence-electron chi connectivity index (χ4n) is 1.18. The van der Waals surface area contributed by atoms with Gasteiger partial charge in [0.05, 0.1) is 10.8 Å². The molecule has 0 unspecified atom stereocenters. The second-order valence-electron chi connectivity index (χ2n) is 3.08. The maximum absolute atomic E-state index is 10.8. The van der Waals surface area contributed by atoms with Gasteiger partial charge in [-0.25, -0.2) is 4.99 Å². The lowest BCUT2D eigenvalue weighted by Gasteiger charge is -2.03. The highest BCUT2D eigenvalue weighted by atomic mass is 35.5. The number of rotatable bonds is 3. The lowest BCUT2D eigenvalue weighted by molar-refractivity contribution is -0.384. The fraction of sp³-hybridized carbons (Fsp3) is 0.222. The van der Waals surface area contributed by atoms with Crippen molar-refractivity contribution in [2.75, 3.05) is 5.88 Å². The van der Waals surface area contributed by atoms with Crippen molar-refractivity contribution in [2.24, 2.45) is 10.7 Å². The third-order valence-corrected chi connectivity index (χ3v) is 2.33. The molecule has 16 heavy (non-hydrogen) atoms. The van der Waals surface area contributed by atoms with Crippen LogP contribution in [0, 0.1) is 17.0 Å². The van der Waals surface area contributed by atoms with E-state index in [9.17, 15) is 10.1 Å². The van der Waals surface area contributed by atoms with Crippen LogP contribution in [-0.2, 0) is 0 Å². The molecule has 0 saturated carbocycles. The van der Waals surface area contributed by atoms with E-state index in [1.165, 1.54) is 6.07 Å². The first-order valence-corrected chi connectivity index (χ1v) is 5.20. The number of nitro groups is 1. The first kappa shape index (κ1) is 12.7. The Labute approximate surface area is 102 Å². The minimum atomic E-state index is -0.556. The Morgan fingerprint density at radius 2 is 2.25 bits per heavy atom. The number of nitrogens with zero attached hydrogens (tertiary/aromatic N) is 2. The number of halogens is 2. The van der Waals surface area contributed by atoms with Crippen LogP contribution in [-0.4, -0.2) is 16.6 Å². The molecule has 0 bridgehead atoms. The summed E-state index contributed by atoms with van der Waals surface area (Å²) in [5.41, 5.74) is 6.02. The highest BCUT2D eigenvalue weighted by Gasteiger charge is 2.17. The summed E-state index contributed by atoms with van der Waals surface area (Å²) in [6.45, 7) is 1.67. The van der Waals surface area contributed by atoms with Crippen molar-refractivity contribution >= 4 is 40.4 Å². The Morgan fingerprint density at radius 3 is 2.75 bits per heavy atom. The summed E-state index contributed by atoms with van der Waals surface area (Å²) in [6.07, 6.45) is 0. The van der Waals surface area contributed by atoms with Crippen LogP contribution >= 0.6 is 23.2 Å². The zero-order chi connectivity index (χ0) is 12.3. The van der Waals surface area contributed by atoms with Gasteiger partial charge in [0.2, 0.25) is 0 Å². The van der Waals surface area contributed by atoms with Gasteiger partial charge in [0, 0.05) is 11.1 Å². The predicted octanol–water partition coefficient (Wildman–Crippen LogP) is 2.78. The molecule has 86 valence electrons.